The van der Waals surface area contributed by atoms with E-state index in [2.05, 4.69) is 13.8 Å². The van der Waals surface area contributed by atoms with Gasteiger partial charge in [-0.1, -0.05) is 32.0 Å². The zero-order valence-corrected chi connectivity index (χ0v) is 8.75. The molecule has 1 atom stereocenters. The van der Waals surface area contributed by atoms with E-state index in [4.69, 9.17) is 5.73 Å². The summed E-state index contributed by atoms with van der Waals surface area (Å²) in [6, 6.07) is 7.53. The van der Waals surface area contributed by atoms with Crippen LogP contribution in [-0.4, -0.2) is 11.7 Å². The van der Waals surface area contributed by atoms with Crippen LogP contribution < -0.4 is 5.73 Å². The molecular formula is C12H17NO. The van der Waals surface area contributed by atoms with Crippen molar-refractivity contribution in [2.45, 2.75) is 25.7 Å². The van der Waals surface area contributed by atoms with Crippen molar-refractivity contribution in [2.24, 2.45) is 11.1 Å². The van der Waals surface area contributed by atoms with Crippen LogP contribution in [0, 0.1) is 5.41 Å². The number of phenols is 1. The van der Waals surface area contributed by atoms with Gasteiger partial charge in [-0.25, -0.2) is 0 Å². The van der Waals surface area contributed by atoms with Crippen molar-refractivity contribution in [1.82, 2.24) is 0 Å². The average molecular weight is 191 g/mol. The molecule has 1 aliphatic carbocycles. The van der Waals surface area contributed by atoms with E-state index < -0.39 is 0 Å². The molecule has 0 amide bonds. The van der Waals surface area contributed by atoms with E-state index in [-0.39, 0.29) is 10.8 Å². The minimum atomic E-state index is -0.00164. The molecule has 2 nitrogen and oxygen atoms in total. The molecule has 0 aliphatic heterocycles. The van der Waals surface area contributed by atoms with Gasteiger partial charge >= 0.3 is 0 Å². The molecule has 2 heteroatoms. The molecule has 1 unspecified atom stereocenters. The van der Waals surface area contributed by atoms with E-state index in [1.165, 1.54) is 0 Å². The fourth-order valence-electron chi connectivity index (χ4n) is 2.51. The summed E-state index contributed by atoms with van der Waals surface area (Å²) < 4.78 is 0. The summed E-state index contributed by atoms with van der Waals surface area (Å²) in [5.41, 5.74) is 7.06. The first-order chi connectivity index (χ1) is 6.53. The third kappa shape index (κ3) is 1.07. The van der Waals surface area contributed by atoms with Gasteiger partial charge in [0, 0.05) is 17.5 Å². The Morgan fingerprint density at radius 1 is 1.36 bits per heavy atom. The highest BCUT2D eigenvalue weighted by atomic mass is 16.3. The lowest BCUT2D eigenvalue weighted by atomic mass is 9.87. The summed E-state index contributed by atoms with van der Waals surface area (Å²) in [5, 5.41) is 9.79. The molecule has 0 saturated heterocycles. The standard InChI is InChI=1S/C12H17NO/c1-11(2)7-12(11,8-13)9-5-3-4-6-10(9)14/h3-6,14H,7-8,13H2,1-2H3. The van der Waals surface area contributed by atoms with Crippen LogP contribution in [0.2, 0.25) is 0 Å². The average Bonchev–Trinajstić information content (AvgIpc) is 2.70. The number of phenolic OH excluding ortho intramolecular Hbond substituents is 1. The molecule has 0 radical (unpaired) electrons. The number of aromatic hydroxyl groups is 1. The lowest BCUT2D eigenvalue weighted by Crippen LogP contribution is -2.25. The van der Waals surface area contributed by atoms with Gasteiger partial charge in [-0.05, 0) is 17.9 Å². The summed E-state index contributed by atoms with van der Waals surface area (Å²) >= 11 is 0. The van der Waals surface area contributed by atoms with Gasteiger partial charge in [-0.3, -0.25) is 0 Å². The quantitative estimate of drug-likeness (QED) is 0.751. The van der Waals surface area contributed by atoms with Gasteiger partial charge < -0.3 is 10.8 Å². The van der Waals surface area contributed by atoms with E-state index in [9.17, 15) is 5.11 Å². The molecule has 1 saturated carbocycles. The molecule has 0 aromatic heterocycles. The van der Waals surface area contributed by atoms with Gasteiger partial charge in [0.25, 0.3) is 0 Å². The van der Waals surface area contributed by atoms with Crippen molar-refractivity contribution < 1.29 is 5.11 Å². The van der Waals surface area contributed by atoms with E-state index in [1.54, 1.807) is 6.07 Å². The molecule has 1 aromatic rings. The molecule has 76 valence electrons. The first kappa shape index (κ1) is 9.53. The Morgan fingerprint density at radius 2 is 1.93 bits per heavy atom. The number of rotatable bonds is 2. The topological polar surface area (TPSA) is 46.2 Å². The molecule has 1 fully saturated rings. The predicted octanol–water partition coefficient (Wildman–Crippen LogP) is 2.02. The van der Waals surface area contributed by atoms with Gasteiger partial charge in [0.1, 0.15) is 5.75 Å². The number of nitrogens with two attached hydrogens (primary N) is 1. The van der Waals surface area contributed by atoms with Crippen molar-refractivity contribution in [2.75, 3.05) is 6.54 Å². The van der Waals surface area contributed by atoms with Crippen LogP contribution in [0.3, 0.4) is 0 Å². The maximum Gasteiger partial charge on any atom is 0.119 e. The summed E-state index contributed by atoms with van der Waals surface area (Å²) in [6.45, 7) is 5.01. The molecule has 3 N–H and O–H groups in total. The second-order valence-electron chi connectivity index (χ2n) is 4.86. The van der Waals surface area contributed by atoms with Gasteiger partial charge in [0.05, 0.1) is 0 Å². The Morgan fingerprint density at radius 3 is 2.36 bits per heavy atom. The summed E-state index contributed by atoms with van der Waals surface area (Å²) in [7, 11) is 0. The molecule has 0 heterocycles. The van der Waals surface area contributed by atoms with Crippen LogP contribution in [0.25, 0.3) is 0 Å². The Labute approximate surface area is 84.7 Å². The highest BCUT2D eigenvalue weighted by molar-refractivity contribution is 5.46. The molecule has 14 heavy (non-hydrogen) atoms. The van der Waals surface area contributed by atoms with E-state index >= 15 is 0 Å². The molecule has 1 aromatic carbocycles. The number of hydrogen-bond acceptors (Lipinski definition) is 2. The van der Waals surface area contributed by atoms with Crippen LogP contribution in [0.15, 0.2) is 24.3 Å². The molecular weight excluding hydrogens is 174 g/mol. The minimum absolute atomic E-state index is 0.00164. The highest BCUT2D eigenvalue weighted by Gasteiger charge is 2.61. The lowest BCUT2D eigenvalue weighted by molar-refractivity contribution is 0.437. The van der Waals surface area contributed by atoms with E-state index in [0.717, 1.165) is 12.0 Å². The zero-order valence-electron chi connectivity index (χ0n) is 8.75. The van der Waals surface area contributed by atoms with Crippen molar-refractivity contribution >= 4 is 0 Å². The smallest absolute Gasteiger partial charge is 0.119 e. The molecule has 0 bridgehead atoms. The van der Waals surface area contributed by atoms with Gasteiger partial charge in [-0.15, -0.1) is 0 Å². The van der Waals surface area contributed by atoms with Gasteiger partial charge in [-0.2, -0.15) is 0 Å². The molecule has 2 rings (SSSR count). The summed E-state index contributed by atoms with van der Waals surface area (Å²) in [5.74, 6) is 0.378. The first-order valence-electron chi connectivity index (χ1n) is 5.02. The van der Waals surface area contributed by atoms with Crippen LogP contribution in [0.5, 0.6) is 5.75 Å². The third-order valence-electron chi connectivity index (χ3n) is 3.68. The first-order valence-corrected chi connectivity index (χ1v) is 5.02. The van der Waals surface area contributed by atoms with Crippen molar-refractivity contribution in [3.05, 3.63) is 29.8 Å². The second-order valence-corrected chi connectivity index (χ2v) is 4.86. The normalized spacial score (nSPS) is 28.8. The SMILES string of the molecule is CC1(C)CC1(CN)c1ccccc1O. The predicted molar refractivity (Wildman–Crippen MR) is 57.2 cm³/mol. The van der Waals surface area contributed by atoms with Crippen LogP contribution in [0.1, 0.15) is 25.8 Å². The largest absolute Gasteiger partial charge is 0.508 e. The minimum Gasteiger partial charge on any atom is -0.508 e. The van der Waals surface area contributed by atoms with E-state index in [0.29, 0.717) is 12.3 Å². The van der Waals surface area contributed by atoms with Crippen molar-refractivity contribution in [1.29, 1.82) is 0 Å². The fourth-order valence-corrected chi connectivity index (χ4v) is 2.51. The Kier molecular flexibility index (Phi) is 1.86. The monoisotopic (exact) mass is 191 g/mol. The lowest BCUT2D eigenvalue weighted by Gasteiger charge is -2.19. The number of para-hydroxylation sites is 1. The maximum atomic E-state index is 9.79. The second kappa shape index (κ2) is 2.74. The summed E-state index contributed by atoms with van der Waals surface area (Å²) in [4.78, 5) is 0. The Bertz CT molecular complexity index is 359. The van der Waals surface area contributed by atoms with Crippen LogP contribution >= 0.6 is 0 Å². The fraction of sp³-hybridized carbons (Fsp3) is 0.500. The van der Waals surface area contributed by atoms with Gasteiger partial charge in [0.15, 0.2) is 0 Å². The van der Waals surface area contributed by atoms with Crippen LogP contribution in [-0.2, 0) is 5.41 Å². The van der Waals surface area contributed by atoms with E-state index in [1.807, 2.05) is 18.2 Å². The Balaban J connectivity index is 2.46. The third-order valence-corrected chi connectivity index (χ3v) is 3.68. The van der Waals surface area contributed by atoms with Crippen LogP contribution in [0.4, 0.5) is 0 Å². The van der Waals surface area contributed by atoms with Crippen molar-refractivity contribution in [3.8, 4) is 5.75 Å². The number of benzene rings is 1. The Hall–Kier alpha value is -1.02. The molecule has 1 aliphatic rings. The zero-order chi connectivity index (χ0) is 10.4. The van der Waals surface area contributed by atoms with Gasteiger partial charge in [0.2, 0.25) is 0 Å². The number of hydrogen-bond donors (Lipinski definition) is 2. The summed E-state index contributed by atoms with van der Waals surface area (Å²) in [6.07, 6.45) is 1.06. The highest BCUT2D eigenvalue weighted by Crippen LogP contribution is 2.64. The maximum absolute atomic E-state index is 9.79. The van der Waals surface area contributed by atoms with Crippen molar-refractivity contribution in [3.63, 3.8) is 0 Å². The molecule has 0 spiro atoms.